The fraction of sp³-hybridized carbons (Fsp3) is 0.375. The monoisotopic (exact) mass is 294 g/mol. The minimum atomic E-state index is -3.88. The minimum Gasteiger partial charge on any atom is -0.449 e. The van der Waals surface area contributed by atoms with E-state index in [1.807, 2.05) is 0 Å². The summed E-state index contributed by atoms with van der Waals surface area (Å²) in [6.45, 7) is 1.63. The summed E-state index contributed by atoms with van der Waals surface area (Å²) in [4.78, 5) is 18.4. The van der Waals surface area contributed by atoms with Gasteiger partial charge in [-0.1, -0.05) is 11.6 Å². The molecule has 0 bridgehead atoms. The number of hydrogen-bond acceptors (Lipinski definition) is 7. The van der Waals surface area contributed by atoms with Crippen LogP contribution in [0.15, 0.2) is 12.4 Å². The third-order valence-corrected chi connectivity index (χ3v) is 2.88. The molecule has 0 atom stereocenters. The van der Waals surface area contributed by atoms with Crippen LogP contribution in [0, 0.1) is 0 Å². The third kappa shape index (κ3) is 4.72. The second kappa shape index (κ2) is 6.36. The van der Waals surface area contributed by atoms with Crippen LogP contribution in [0.4, 0.5) is 10.6 Å². The highest BCUT2D eigenvalue weighted by Gasteiger charge is 2.15. The Morgan fingerprint density at radius 2 is 2.11 bits per heavy atom. The first-order chi connectivity index (χ1) is 8.44. The SMILES string of the molecule is CCOC(=O)NS(=O)(=O)CNc1nccnc1Cl. The number of halogens is 1. The lowest BCUT2D eigenvalue weighted by atomic mass is 10.7. The summed E-state index contributed by atoms with van der Waals surface area (Å²) in [5, 5.41) is 2.47. The Kier molecular flexibility index (Phi) is 5.10. The number of anilines is 1. The first-order valence-corrected chi connectivity index (χ1v) is 6.85. The van der Waals surface area contributed by atoms with Crippen molar-refractivity contribution in [2.24, 2.45) is 0 Å². The molecule has 0 spiro atoms. The molecule has 8 nitrogen and oxygen atoms in total. The van der Waals surface area contributed by atoms with Crippen LogP contribution in [0.3, 0.4) is 0 Å². The van der Waals surface area contributed by atoms with E-state index < -0.39 is 22.0 Å². The molecule has 0 aliphatic heterocycles. The predicted molar refractivity (Wildman–Crippen MR) is 64.6 cm³/mol. The standard InChI is InChI=1S/C8H11ClN4O4S/c1-2-17-8(14)13-18(15,16)5-12-7-6(9)10-3-4-11-7/h3-4H,2,5H2,1H3,(H,11,12)(H,13,14). The van der Waals surface area contributed by atoms with Gasteiger partial charge in [0, 0.05) is 12.4 Å². The van der Waals surface area contributed by atoms with Crippen molar-refractivity contribution >= 4 is 33.5 Å². The maximum Gasteiger partial charge on any atom is 0.420 e. The van der Waals surface area contributed by atoms with E-state index in [2.05, 4.69) is 20.0 Å². The van der Waals surface area contributed by atoms with Crippen LogP contribution < -0.4 is 10.0 Å². The van der Waals surface area contributed by atoms with Gasteiger partial charge in [0.25, 0.3) is 10.0 Å². The Balaban J connectivity index is 2.57. The fourth-order valence-corrected chi connectivity index (χ4v) is 1.81. The first-order valence-electron chi connectivity index (χ1n) is 4.82. The molecule has 0 saturated carbocycles. The molecule has 1 heterocycles. The highest BCUT2D eigenvalue weighted by atomic mass is 35.5. The van der Waals surface area contributed by atoms with E-state index in [1.165, 1.54) is 12.4 Å². The number of rotatable bonds is 5. The number of ether oxygens (including phenoxy) is 1. The summed E-state index contributed by atoms with van der Waals surface area (Å²) in [6.07, 6.45) is 1.67. The highest BCUT2D eigenvalue weighted by molar-refractivity contribution is 7.90. The lowest BCUT2D eigenvalue weighted by molar-refractivity contribution is 0.158. The molecule has 0 fully saturated rings. The molecular weight excluding hydrogens is 284 g/mol. The van der Waals surface area contributed by atoms with Crippen molar-refractivity contribution in [1.82, 2.24) is 14.7 Å². The summed E-state index contributed by atoms with van der Waals surface area (Å²) < 4.78 is 29.0. The van der Waals surface area contributed by atoms with Gasteiger partial charge >= 0.3 is 6.09 Å². The number of carbonyl (C=O) groups is 1. The van der Waals surface area contributed by atoms with Gasteiger partial charge in [-0.3, -0.25) is 0 Å². The second-order valence-electron chi connectivity index (χ2n) is 2.95. The topological polar surface area (TPSA) is 110 Å². The molecule has 0 radical (unpaired) electrons. The Hall–Kier alpha value is -1.61. The zero-order valence-corrected chi connectivity index (χ0v) is 11.0. The van der Waals surface area contributed by atoms with Gasteiger partial charge in [-0.25, -0.2) is 27.9 Å². The van der Waals surface area contributed by atoms with Crippen LogP contribution in [0.25, 0.3) is 0 Å². The first kappa shape index (κ1) is 14.5. The van der Waals surface area contributed by atoms with Gasteiger partial charge in [-0.2, -0.15) is 0 Å². The van der Waals surface area contributed by atoms with E-state index >= 15 is 0 Å². The zero-order valence-electron chi connectivity index (χ0n) is 9.38. The molecule has 1 amide bonds. The molecule has 1 rings (SSSR count). The molecule has 0 saturated heterocycles. The molecule has 100 valence electrons. The van der Waals surface area contributed by atoms with Gasteiger partial charge in [0.1, 0.15) is 5.88 Å². The molecule has 0 unspecified atom stereocenters. The maximum absolute atomic E-state index is 11.4. The Labute approximate surface area is 109 Å². The van der Waals surface area contributed by atoms with Gasteiger partial charge in [0.2, 0.25) is 0 Å². The van der Waals surface area contributed by atoms with E-state index in [0.29, 0.717) is 0 Å². The second-order valence-corrected chi connectivity index (χ2v) is 5.03. The number of aromatic nitrogens is 2. The molecule has 0 aromatic carbocycles. The number of sulfonamides is 1. The van der Waals surface area contributed by atoms with Crippen molar-refractivity contribution in [3.05, 3.63) is 17.5 Å². The zero-order chi connectivity index (χ0) is 13.6. The average molecular weight is 295 g/mol. The lowest BCUT2D eigenvalue weighted by Crippen LogP contribution is -2.35. The Morgan fingerprint density at radius 1 is 1.44 bits per heavy atom. The largest absolute Gasteiger partial charge is 0.449 e. The van der Waals surface area contributed by atoms with E-state index in [9.17, 15) is 13.2 Å². The van der Waals surface area contributed by atoms with Crippen molar-refractivity contribution in [3.63, 3.8) is 0 Å². The molecule has 2 N–H and O–H groups in total. The van der Waals surface area contributed by atoms with Crippen LogP contribution in [0.5, 0.6) is 0 Å². The number of amides is 1. The normalized spacial score (nSPS) is 10.8. The number of hydrogen-bond donors (Lipinski definition) is 2. The van der Waals surface area contributed by atoms with Gasteiger partial charge in [0.05, 0.1) is 6.61 Å². The minimum absolute atomic E-state index is 0.0313. The van der Waals surface area contributed by atoms with Gasteiger partial charge in [-0.15, -0.1) is 0 Å². The van der Waals surface area contributed by atoms with Crippen molar-refractivity contribution in [2.45, 2.75) is 6.92 Å². The Morgan fingerprint density at radius 3 is 2.72 bits per heavy atom. The van der Waals surface area contributed by atoms with Crippen LogP contribution in [-0.4, -0.2) is 37.0 Å². The van der Waals surface area contributed by atoms with Crippen LogP contribution in [0.2, 0.25) is 5.15 Å². The molecular formula is C8H11ClN4O4S. The summed E-state index contributed by atoms with van der Waals surface area (Å²) in [5.74, 6) is -0.474. The summed E-state index contributed by atoms with van der Waals surface area (Å²) in [5.41, 5.74) is 0. The molecule has 1 aromatic rings. The van der Waals surface area contributed by atoms with Crippen LogP contribution in [-0.2, 0) is 14.8 Å². The third-order valence-electron chi connectivity index (χ3n) is 1.60. The van der Waals surface area contributed by atoms with Gasteiger partial charge < -0.3 is 10.1 Å². The summed E-state index contributed by atoms with van der Waals surface area (Å²) in [7, 11) is -3.88. The average Bonchev–Trinajstić information content (AvgIpc) is 2.27. The van der Waals surface area contributed by atoms with Crippen molar-refractivity contribution in [2.75, 3.05) is 17.8 Å². The van der Waals surface area contributed by atoms with E-state index in [0.717, 1.165) is 0 Å². The quantitative estimate of drug-likeness (QED) is 0.817. The van der Waals surface area contributed by atoms with E-state index in [1.54, 1.807) is 11.6 Å². The fourth-order valence-electron chi connectivity index (χ4n) is 0.927. The van der Waals surface area contributed by atoms with Crippen LogP contribution >= 0.6 is 11.6 Å². The summed E-state index contributed by atoms with van der Waals surface area (Å²) >= 11 is 5.67. The molecule has 18 heavy (non-hydrogen) atoms. The number of nitrogens with one attached hydrogen (secondary N) is 2. The van der Waals surface area contributed by atoms with Crippen molar-refractivity contribution in [3.8, 4) is 0 Å². The number of carbonyl (C=O) groups excluding carboxylic acids is 1. The van der Waals surface area contributed by atoms with Crippen molar-refractivity contribution in [1.29, 1.82) is 0 Å². The smallest absolute Gasteiger partial charge is 0.420 e. The highest BCUT2D eigenvalue weighted by Crippen LogP contribution is 2.13. The molecule has 0 aliphatic rings. The van der Waals surface area contributed by atoms with E-state index in [4.69, 9.17) is 11.6 Å². The van der Waals surface area contributed by atoms with Crippen LogP contribution in [0.1, 0.15) is 6.92 Å². The lowest BCUT2D eigenvalue weighted by Gasteiger charge is -2.08. The molecule has 1 aromatic heterocycles. The molecule has 0 aliphatic carbocycles. The van der Waals surface area contributed by atoms with Gasteiger partial charge in [0.15, 0.2) is 11.0 Å². The van der Waals surface area contributed by atoms with Gasteiger partial charge in [-0.05, 0) is 6.92 Å². The number of nitrogens with zero attached hydrogens (tertiary/aromatic N) is 2. The Bertz CT molecular complexity index is 522. The van der Waals surface area contributed by atoms with E-state index in [-0.39, 0.29) is 17.6 Å². The summed E-state index contributed by atoms with van der Waals surface area (Å²) in [6, 6.07) is 0. The maximum atomic E-state index is 11.4. The van der Waals surface area contributed by atoms with Crippen molar-refractivity contribution < 1.29 is 17.9 Å². The predicted octanol–water partition coefficient (Wildman–Crippen LogP) is 0.575. The molecule has 10 heteroatoms.